The molecule has 1 fully saturated rings. The van der Waals surface area contributed by atoms with Crippen molar-refractivity contribution in [3.05, 3.63) is 176 Å². The molecule has 0 radical (unpaired) electrons. The summed E-state index contributed by atoms with van der Waals surface area (Å²) in [5.41, 5.74) is 3.17. The third kappa shape index (κ3) is 12.1. The van der Waals surface area contributed by atoms with E-state index in [9.17, 15) is 30.4 Å². The van der Waals surface area contributed by atoms with Gasteiger partial charge in [0, 0.05) is 72.6 Å². The van der Waals surface area contributed by atoms with Crippen molar-refractivity contribution in [3.8, 4) is 28.7 Å². The summed E-state index contributed by atoms with van der Waals surface area (Å²) in [6.45, 7) is 4.41. The zero-order valence-electron chi connectivity index (χ0n) is 41.8. The van der Waals surface area contributed by atoms with Gasteiger partial charge in [-0.25, -0.2) is 4.79 Å². The maximum Gasteiger partial charge on any atom is 0.416 e. The van der Waals surface area contributed by atoms with E-state index in [1.54, 1.807) is 42.1 Å². The minimum atomic E-state index is -1.68. The van der Waals surface area contributed by atoms with Gasteiger partial charge in [-0.15, -0.1) is 18.3 Å². The molecule has 6 unspecified atom stereocenters. The molecule has 0 saturated heterocycles. The highest BCUT2D eigenvalue weighted by atomic mass is 32.2. The summed E-state index contributed by atoms with van der Waals surface area (Å²) in [6, 6.07) is 31.5. The van der Waals surface area contributed by atoms with Crippen LogP contribution in [0.3, 0.4) is 0 Å². The first-order chi connectivity index (χ1) is 37.1. The Morgan fingerprint density at radius 2 is 1.51 bits per heavy atom. The third-order valence-corrected chi connectivity index (χ3v) is 15.2. The molecule has 6 atom stereocenters. The van der Waals surface area contributed by atoms with Crippen LogP contribution in [0, 0.1) is 38.0 Å². The maximum absolute atomic E-state index is 15.3. The molecule has 5 aromatic carbocycles. The zero-order chi connectivity index (χ0) is 53.0. The van der Waals surface area contributed by atoms with Crippen molar-refractivity contribution in [3.63, 3.8) is 0 Å². The number of aliphatic hydroxyl groups excluding tert-OH is 2. The molecule has 2 aliphatic carbocycles. The molecule has 1 saturated carbocycles. The summed E-state index contributed by atoms with van der Waals surface area (Å²) >= 11 is 1.69. The van der Waals surface area contributed by atoms with E-state index < -0.39 is 33.7 Å². The predicted molar refractivity (Wildman–Crippen MR) is 283 cm³/mol. The number of non-ortho nitro benzene ring substituents is 2. The van der Waals surface area contributed by atoms with Gasteiger partial charge in [0.1, 0.15) is 29.9 Å². The van der Waals surface area contributed by atoms with Crippen molar-refractivity contribution in [2.45, 2.75) is 80.7 Å². The number of allylic oxidation sites excluding steroid dienone is 1. The number of aliphatic hydroxyl groups is 2. The predicted octanol–water partition coefficient (Wildman–Crippen LogP) is 10.9. The fourth-order valence-corrected chi connectivity index (χ4v) is 11.6. The number of unbranched alkanes of at least 4 members (excludes halogenated alkanes) is 2. The van der Waals surface area contributed by atoms with Gasteiger partial charge in [-0.1, -0.05) is 54.4 Å². The molecule has 9 rings (SSSR count). The molecule has 5 aromatic rings. The number of thioether (sulfide) groups is 1. The molecule has 398 valence electrons. The number of ether oxygens (including phenoxy) is 6. The summed E-state index contributed by atoms with van der Waals surface area (Å²) in [5, 5.41) is 48.2. The average Bonchev–Trinajstić information content (AvgIpc) is 3.93. The van der Waals surface area contributed by atoms with Crippen LogP contribution in [0.4, 0.5) is 16.2 Å². The standard InChI is InChI=1S/C57H60N4O14S/c1-2-28-72-57-53(59(35-39-16-24-51-52(31-39)71-37-70-51)56(64)74-43-21-19-42(20-22-43)61(67)68)34-49(58-73-36-38-14-17-41(18-15-38)60(65)66)47-32-40(10-6-8-26-62)46(13-7-9-27-63)54(55(47)57)48-33-44(23-25-50(48)75-57)69-29-30-76-45-11-4-3-5-12-45/h2-5,11-12,14-25,31-33,40,46,53-55,62-63H,1,6-10,13,26-30,34-37H2. The molecule has 76 heavy (non-hydrogen) atoms. The smallest absolute Gasteiger partial charge is 0.416 e. The van der Waals surface area contributed by atoms with E-state index in [-0.39, 0.29) is 81.1 Å². The normalized spacial score (nSPS) is 21.3. The number of benzene rings is 5. The highest BCUT2D eigenvalue weighted by Gasteiger charge is 2.66. The Balaban J connectivity index is 1.20. The summed E-state index contributed by atoms with van der Waals surface area (Å²) in [6.07, 6.45) is 7.04. The van der Waals surface area contributed by atoms with Crippen molar-refractivity contribution < 1.29 is 58.1 Å². The molecule has 0 aromatic heterocycles. The number of hydrogen-bond donors (Lipinski definition) is 2. The number of oxime groups is 1. The highest BCUT2D eigenvalue weighted by Crippen LogP contribution is 2.62. The molecule has 0 bridgehead atoms. The summed E-state index contributed by atoms with van der Waals surface area (Å²) in [7, 11) is 0. The highest BCUT2D eigenvalue weighted by molar-refractivity contribution is 7.99. The van der Waals surface area contributed by atoms with E-state index in [4.69, 9.17) is 38.4 Å². The van der Waals surface area contributed by atoms with Crippen LogP contribution in [-0.4, -0.2) is 87.6 Å². The van der Waals surface area contributed by atoms with E-state index in [1.165, 1.54) is 41.3 Å². The van der Waals surface area contributed by atoms with Crippen LogP contribution in [0.2, 0.25) is 0 Å². The van der Waals surface area contributed by atoms with Gasteiger partial charge in [-0.3, -0.25) is 25.1 Å². The molecule has 1 amide bonds. The van der Waals surface area contributed by atoms with Gasteiger partial charge in [0.2, 0.25) is 12.6 Å². The zero-order valence-corrected chi connectivity index (χ0v) is 42.6. The number of amides is 1. The van der Waals surface area contributed by atoms with Crippen molar-refractivity contribution in [1.29, 1.82) is 0 Å². The van der Waals surface area contributed by atoms with Crippen molar-refractivity contribution >= 4 is 34.9 Å². The molecule has 18 nitrogen and oxygen atoms in total. The monoisotopic (exact) mass is 1060 g/mol. The largest absolute Gasteiger partial charge is 0.493 e. The van der Waals surface area contributed by atoms with Gasteiger partial charge < -0.3 is 43.5 Å². The Bertz CT molecular complexity index is 2900. The lowest BCUT2D eigenvalue weighted by Gasteiger charge is -2.59. The Hall–Kier alpha value is -7.45. The van der Waals surface area contributed by atoms with Crippen molar-refractivity contribution in [1.82, 2.24) is 4.90 Å². The number of rotatable bonds is 25. The van der Waals surface area contributed by atoms with Crippen molar-refractivity contribution in [2.24, 2.45) is 22.9 Å². The van der Waals surface area contributed by atoms with E-state index >= 15 is 4.79 Å². The van der Waals surface area contributed by atoms with Gasteiger partial charge in [-0.05, 0) is 121 Å². The maximum atomic E-state index is 15.3. The topological polar surface area (TPSA) is 224 Å². The average molecular weight is 1060 g/mol. The number of carbonyl (C=O) groups excluding carboxylic acids is 1. The fourth-order valence-electron chi connectivity index (χ4n) is 10.8. The van der Waals surface area contributed by atoms with Crippen molar-refractivity contribution in [2.75, 3.05) is 39.0 Å². The second-order valence-electron chi connectivity index (χ2n) is 18.9. The van der Waals surface area contributed by atoms with E-state index in [1.807, 2.05) is 42.5 Å². The van der Waals surface area contributed by atoms with E-state index in [0.717, 1.165) is 28.9 Å². The van der Waals surface area contributed by atoms with E-state index in [2.05, 4.69) is 24.8 Å². The fraction of sp³-hybridized carbons (Fsp3) is 0.368. The Labute approximate surface area is 444 Å². The first kappa shape index (κ1) is 53.4. The minimum Gasteiger partial charge on any atom is -0.493 e. The number of hydrogen-bond acceptors (Lipinski definition) is 16. The molecule has 0 spiro atoms. The van der Waals surface area contributed by atoms with Gasteiger partial charge in [0.15, 0.2) is 11.5 Å². The lowest BCUT2D eigenvalue weighted by Crippen LogP contribution is -2.70. The van der Waals surface area contributed by atoms with Crippen LogP contribution >= 0.6 is 11.8 Å². The number of nitro benzene ring substituents is 2. The van der Waals surface area contributed by atoms with Gasteiger partial charge >= 0.3 is 6.09 Å². The molecule has 19 heteroatoms. The second-order valence-corrected chi connectivity index (χ2v) is 20.1. The second kappa shape index (κ2) is 24.9. The Morgan fingerprint density at radius 1 is 0.829 bits per heavy atom. The van der Waals surface area contributed by atoms with Gasteiger partial charge in [0.05, 0.1) is 34.7 Å². The van der Waals surface area contributed by atoms with Crippen LogP contribution in [0.5, 0.6) is 28.7 Å². The first-order valence-electron chi connectivity index (χ1n) is 25.4. The lowest BCUT2D eigenvalue weighted by molar-refractivity contribution is -0.385. The van der Waals surface area contributed by atoms with Crippen LogP contribution in [-0.2, 0) is 22.7 Å². The molecular weight excluding hydrogens is 997 g/mol. The number of fused-ring (bicyclic) bond motifs is 3. The molecule has 2 N–H and O–H groups in total. The quantitative estimate of drug-likeness (QED) is 0.0182. The number of nitrogens with zero attached hydrogens (tertiary/aromatic N) is 4. The minimum absolute atomic E-state index is 0.000515. The van der Waals surface area contributed by atoms with Crippen LogP contribution < -0.4 is 23.7 Å². The molecular formula is C57H60N4O14S. The molecule has 2 heterocycles. The van der Waals surface area contributed by atoms with E-state index in [0.29, 0.717) is 77.9 Å². The number of carbonyl (C=O) groups is 1. The molecule has 4 aliphatic rings. The van der Waals surface area contributed by atoms with Gasteiger partial charge in [0.25, 0.3) is 11.4 Å². The third-order valence-electron chi connectivity index (χ3n) is 14.2. The van der Waals surface area contributed by atoms with Gasteiger partial charge in [-0.2, -0.15) is 0 Å². The lowest BCUT2D eigenvalue weighted by atomic mass is 9.55. The summed E-state index contributed by atoms with van der Waals surface area (Å²) in [5.74, 6) is 0.0287. The summed E-state index contributed by atoms with van der Waals surface area (Å²) < 4.78 is 38.7. The number of nitro groups is 2. The van der Waals surface area contributed by atoms with Crippen LogP contribution in [0.1, 0.15) is 67.6 Å². The Kier molecular flexibility index (Phi) is 17.5. The molecule has 2 aliphatic heterocycles. The SMILES string of the molecule is C=CCOC12Oc3ccc(OCCSc4ccccc4)cc3C3C(CCCCO)C(CCCCO)C=C(C(=NOCc4ccc([N+](=O)[O-])cc4)CC1N(Cc1ccc4c(c1)OCO4)C(=O)Oc1ccc([N+](=O)[O-])cc1)C32. The Morgan fingerprint density at radius 3 is 2.24 bits per heavy atom. The van der Waals surface area contributed by atoms with Crippen LogP contribution in [0.15, 0.2) is 150 Å². The summed E-state index contributed by atoms with van der Waals surface area (Å²) in [4.78, 5) is 46.3. The van der Waals surface area contributed by atoms with Crippen LogP contribution in [0.25, 0.3) is 0 Å². The first-order valence-corrected chi connectivity index (χ1v) is 26.4.